The number of nitrogens with zero attached hydrogens (tertiary/aromatic N) is 1. The normalized spacial score (nSPS) is 23.3. The molecule has 0 saturated carbocycles. The van der Waals surface area contributed by atoms with Gasteiger partial charge in [0.2, 0.25) is 0 Å². The molecule has 1 fully saturated rings. The minimum atomic E-state index is 0.0997. The lowest BCUT2D eigenvalue weighted by molar-refractivity contribution is -0.00441. The van der Waals surface area contributed by atoms with E-state index in [1.165, 1.54) is 6.42 Å². The lowest BCUT2D eigenvalue weighted by atomic mass is 9.97. The zero-order valence-electron chi connectivity index (χ0n) is 11.1. The van der Waals surface area contributed by atoms with Crippen LogP contribution in [0.15, 0.2) is 18.2 Å². The van der Waals surface area contributed by atoms with Gasteiger partial charge in [-0.1, -0.05) is 6.07 Å². The van der Waals surface area contributed by atoms with E-state index in [-0.39, 0.29) is 12.0 Å². The molecular formula is C15H20N2O2. The Labute approximate surface area is 113 Å². The maximum absolute atomic E-state index is 12.5. The van der Waals surface area contributed by atoms with Crippen LogP contribution in [-0.2, 0) is 11.2 Å². The molecule has 1 aromatic carbocycles. The topological polar surface area (TPSA) is 55.6 Å². The number of ether oxygens (including phenoxy) is 1. The highest BCUT2D eigenvalue weighted by Gasteiger charge is 2.27. The summed E-state index contributed by atoms with van der Waals surface area (Å²) in [5.41, 5.74) is 8.31. The average molecular weight is 260 g/mol. The molecule has 2 aliphatic rings. The fraction of sp³-hybridized carbons (Fsp3) is 0.533. The molecule has 2 N–H and O–H groups in total. The number of hydrogen-bond donors (Lipinski definition) is 1. The molecule has 4 nitrogen and oxygen atoms in total. The molecule has 0 aliphatic carbocycles. The van der Waals surface area contributed by atoms with Crippen LogP contribution < -0.4 is 5.73 Å². The van der Waals surface area contributed by atoms with Crippen molar-refractivity contribution in [1.29, 1.82) is 0 Å². The van der Waals surface area contributed by atoms with E-state index in [0.29, 0.717) is 12.2 Å². The Morgan fingerprint density at radius 3 is 3.05 bits per heavy atom. The van der Waals surface area contributed by atoms with Crippen LogP contribution in [0.1, 0.15) is 35.2 Å². The van der Waals surface area contributed by atoms with Crippen molar-refractivity contribution in [3.63, 3.8) is 0 Å². The van der Waals surface area contributed by atoms with Gasteiger partial charge in [0.25, 0.3) is 5.91 Å². The number of carbonyl (C=O) groups excluding carboxylic acids is 1. The molecule has 0 radical (unpaired) electrons. The van der Waals surface area contributed by atoms with Gasteiger partial charge in [0.05, 0.1) is 6.10 Å². The van der Waals surface area contributed by atoms with Crippen LogP contribution in [0.3, 0.4) is 0 Å². The quantitative estimate of drug-likeness (QED) is 0.825. The predicted molar refractivity (Wildman–Crippen MR) is 74.1 cm³/mol. The van der Waals surface area contributed by atoms with E-state index in [1.54, 1.807) is 6.07 Å². The number of amides is 1. The van der Waals surface area contributed by atoms with Crippen molar-refractivity contribution < 1.29 is 9.53 Å². The monoisotopic (exact) mass is 260 g/mol. The van der Waals surface area contributed by atoms with Crippen LogP contribution in [0, 0.1) is 0 Å². The first-order chi connectivity index (χ1) is 9.24. The Bertz CT molecular complexity index is 481. The zero-order chi connectivity index (χ0) is 13.2. The summed E-state index contributed by atoms with van der Waals surface area (Å²) in [4.78, 5) is 14.4. The number of rotatable bonds is 2. The second-order valence-electron chi connectivity index (χ2n) is 5.41. The van der Waals surface area contributed by atoms with Gasteiger partial charge in [0, 0.05) is 30.9 Å². The highest BCUT2D eigenvalue weighted by molar-refractivity contribution is 5.97. The van der Waals surface area contributed by atoms with E-state index in [1.807, 2.05) is 17.0 Å². The summed E-state index contributed by atoms with van der Waals surface area (Å²) in [6.07, 6.45) is 4.53. The van der Waals surface area contributed by atoms with E-state index in [0.717, 1.165) is 43.5 Å². The van der Waals surface area contributed by atoms with Crippen LogP contribution in [0.2, 0.25) is 0 Å². The van der Waals surface area contributed by atoms with Crippen molar-refractivity contribution in [3.05, 3.63) is 29.3 Å². The third kappa shape index (κ3) is 2.59. The summed E-state index contributed by atoms with van der Waals surface area (Å²) in [6.45, 7) is 2.33. The second-order valence-corrected chi connectivity index (χ2v) is 5.41. The molecule has 19 heavy (non-hydrogen) atoms. The van der Waals surface area contributed by atoms with Crippen LogP contribution in [0.4, 0.5) is 5.69 Å². The summed E-state index contributed by atoms with van der Waals surface area (Å²) in [5.74, 6) is 0.0997. The number of benzene rings is 1. The summed E-state index contributed by atoms with van der Waals surface area (Å²) >= 11 is 0. The minimum absolute atomic E-state index is 0.0997. The van der Waals surface area contributed by atoms with E-state index < -0.39 is 0 Å². The van der Waals surface area contributed by atoms with E-state index >= 15 is 0 Å². The summed E-state index contributed by atoms with van der Waals surface area (Å²) < 4.78 is 5.72. The van der Waals surface area contributed by atoms with Crippen LogP contribution >= 0.6 is 0 Å². The van der Waals surface area contributed by atoms with Gasteiger partial charge in [-0.05, 0) is 43.4 Å². The molecule has 1 aromatic rings. The minimum Gasteiger partial charge on any atom is -0.399 e. The molecule has 1 unspecified atom stereocenters. The predicted octanol–water partition coefficient (Wildman–Crippen LogP) is 1.84. The largest absolute Gasteiger partial charge is 0.399 e. The van der Waals surface area contributed by atoms with Crippen molar-refractivity contribution in [2.75, 3.05) is 25.4 Å². The van der Waals surface area contributed by atoms with Crippen LogP contribution in [-0.4, -0.2) is 36.6 Å². The molecule has 1 saturated heterocycles. The standard InChI is InChI=1S/C15H20N2O2/c16-12-5-4-11-6-7-17(15(18)14(11)9-12)10-13-3-1-2-8-19-13/h4-5,9,13H,1-3,6-8,10,16H2. The van der Waals surface area contributed by atoms with Gasteiger partial charge in [0.1, 0.15) is 0 Å². The van der Waals surface area contributed by atoms with Crippen molar-refractivity contribution in [2.24, 2.45) is 0 Å². The highest BCUT2D eigenvalue weighted by atomic mass is 16.5. The third-order valence-electron chi connectivity index (χ3n) is 4.00. The molecule has 0 spiro atoms. The Morgan fingerprint density at radius 1 is 1.37 bits per heavy atom. The van der Waals surface area contributed by atoms with Gasteiger partial charge in [-0.25, -0.2) is 0 Å². The molecule has 4 heteroatoms. The fourth-order valence-corrected chi connectivity index (χ4v) is 2.91. The second kappa shape index (κ2) is 5.21. The van der Waals surface area contributed by atoms with Gasteiger partial charge >= 0.3 is 0 Å². The molecule has 3 rings (SSSR count). The maximum Gasteiger partial charge on any atom is 0.254 e. The molecule has 1 amide bonds. The Kier molecular flexibility index (Phi) is 3.42. The molecule has 102 valence electrons. The first kappa shape index (κ1) is 12.5. The number of fused-ring (bicyclic) bond motifs is 1. The van der Waals surface area contributed by atoms with Gasteiger partial charge < -0.3 is 15.4 Å². The highest BCUT2D eigenvalue weighted by Crippen LogP contribution is 2.23. The fourth-order valence-electron chi connectivity index (χ4n) is 2.91. The molecule has 0 aromatic heterocycles. The lowest BCUT2D eigenvalue weighted by Gasteiger charge is -2.33. The molecule has 2 heterocycles. The van der Waals surface area contributed by atoms with Gasteiger partial charge in [-0.15, -0.1) is 0 Å². The molecular weight excluding hydrogens is 240 g/mol. The summed E-state index contributed by atoms with van der Waals surface area (Å²) in [7, 11) is 0. The Hall–Kier alpha value is -1.55. The van der Waals surface area contributed by atoms with E-state index in [9.17, 15) is 4.79 Å². The van der Waals surface area contributed by atoms with Crippen LogP contribution in [0.25, 0.3) is 0 Å². The van der Waals surface area contributed by atoms with Gasteiger partial charge in [-0.2, -0.15) is 0 Å². The van der Waals surface area contributed by atoms with Crippen LogP contribution in [0.5, 0.6) is 0 Å². The summed E-state index contributed by atoms with van der Waals surface area (Å²) in [6, 6.07) is 5.63. The SMILES string of the molecule is Nc1ccc2c(c1)C(=O)N(CC1CCCCO1)CC2. The number of nitrogen functional groups attached to an aromatic ring is 1. The van der Waals surface area contributed by atoms with E-state index in [2.05, 4.69) is 0 Å². The third-order valence-corrected chi connectivity index (χ3v) is 4.00. The number of hydrogen-bond acceptors (Lipinski definition) is 3. The zero-order valence-corrected chi connectivity index (χ0v) is 11.1. The number of nitrogens with two attached hydrogens (primary N) is 1. The maximum atomic E-state index is 12.5. The molecule has 2 aliphatic heterocycles. The van der Waals surface area contributed by atoms with Crippen molar-refractivity contribution in [3.8, 4) is 0 Å². The number of anilines is 1. The Morgan fingerprint density at radius 2 is 2.26 bits per heavy atom. The van der Waals surface area contributed by atoms with Gasteiger partial charge in [-0.3, -0.25) is 4.79 Å². The average Bonchev–Trinajstić information content (AvgIpc) is 2.44. The van der Waals surface area contributed by atoms with Crippen molar-refractivity contribution >= 4 is 11.6 Å². The molecule has 1 atom stereocenters. The van der Waals surface area contributed by atoms with Crippen molar-refractivity contribution in [2.45, 2.75) is 31.8 Å². The number of carbonyl (C=O) groups is 1. The Balaban J connectivity index is 1.73. The van der Waals surface area contributed by atoms with Crippen molar-refractivity contribution in [1.82, 2.24) is 4.90 Å². The lowest BCUT2D eigenvalue weighted by Crippen LogP contribution is -2.43. The smallest absolute Gasteiger partial charge is 0.254 e. The first-order valence-corrected chi connectivity index (χ1v) is 7.03. The molecule has 0 bridgehead atoms. The first-order valence-electron chi connectivity index (χ1n) is 7.03. The van der Waals surface area contributed by atoms with Gasteiger partial charge in [0.15, 0.2) is 0 Å². The summed E-state index contributed by atoms with van der Waals surface area (Å²) in [5, 5.41) is 0. The van der Waals surface area contributed by atoms with E-state index in [4.69, 9.17) is 10.5 Å².